The molecule has 106 valence electrons. The molecule has 0 aromatic heterocycles. The van der Waals surface area contributed by atoms with Gasteiger partial charge in [-0.1, -0.05) is 20.3 Å². The first kappa shape index (κ1) is 15.5. The molecule has 0 unspecified atom stereocenters. The Hall–Kier alpha value is -0.570. The number of hydrogen-bond donors (Lipinski definition) is 2. The summed E-state index contributed by atoms with van der Waals surface area (Å²) in [6.07, 6.45) is 6.28. The molecule has 3 heteroatoms. The first-order valence-electron chi connectivity index (χ1n) is 7.41. The second-order valence-electron chi connectivity index (χ2n) is 6.79. The van der Waals surface area contributed by atoms with Crippen LogP contribution in [0.4, 0.5) is 0 Å². The van der Waals surface area contributed by atoms with Gasteiger partial charge in [-0.25, -0.2) is 0 Å². The number of rotatable bonds is 9. The first-order valence-corrected chi connectivity index (χ1v) is 7.41. The molecule has 0 radical (unpaired) electrons. The Morgan fingerprint density at radius 2 is 1.94 bits per heavy atom. The fourth-order valence-corrected chi connectivity index (χ4v) is 2.21. The molecule has 0 amide bonds. The van der Waals surface area contributed by atoms with Crippen LogP contribution >= 0.6 is 0 Å². The number of nitrogens with one attached hydrogen (secondary N) is 1. The summed E-state index contributed by atoms with van der Waals surface area (Å²) >= 11 is 0. The highest BCUT2D eigenvalue weighted by Crippen LogP contribution is 2.30. The maximum Gasteiger partial charge on any atom is 0.0963 e. The summed E-state index contributed by atoms with van der Waals surface area (Å²) in [6.45, 7) is 11.2. The molecule has 3 N–H and O–H groups in total. The lowest BCUT2D eigenvalue weighted by Gasteiger charge is -2.27. The lowest BCUT2D eigenvalue weighted by Crippen LogP contribution is -2.34. The predicted octanol–water partition coefficient (Wildman–Crippen LogP) is 3.24. The second kappa shape index (κ2) is 6.55. The van der Waals surface area contributed by atoms with Gasteiger partial charge in [-0.3, -0.25) is 5.41 Å². The van der Waals surface area contributed by atoms with Gasteiger partial charge < -0.3 is 10.6 Å². The Labute approximate surface area is 113 Å². The van der Waals surface area contributed by atoms with Crippen LogP contribution < -0.4 is 5.73 Å². The van der Waals surface area contributed by atoms with Crippen molar-refractivity contribution in [2.75, 3.05) is 13.1 Å². The number of unbranched alkanes of at least 4 members (excludes halogenated alkanes) is 1. The Kier molecular flexibility index (Phi) is 5.64. The maximum atomic E-state index is 7.55. The highest BCUT2D eigenvalue weighted by atomic mass is 15.1. The number of nitrogens with two attached hydrogens (primary N) is 1. The average Bonchev–Trinajstić information content (AvgIpc) is 3.05. The summed E-state index contributed by atoms with van der Waals surface area (Å²) in [6, 6.07) is 0.659. The Bertz CT molecular complexity index is 267. The summed E-state index contributed by atoms with van der Waals surface area (Å²) in [5.41, 5.74) is 5.48. The minimum atomic E-state index is -0.126. The second-order valence-corrected chi connectivity index (χ2v) is 6.79. The molecule has 1 aliphatic rings. The Morgan fingerprint density at radius 3 is 2.39 bits per heavy atom. The zero-order chi connectivity index (χ0) is 13.8. The molecule has 1 fully saturated rings. The molecule has 0 aliphatic heterocycles. The van der Waals surface area contributed by atoms with Gasteiger partial charge in [0.15, 0.2) is 0 Å². The molecular weight excluding hydrogens is 222 g/mol. The van der Waals surface area contributed by atoms with Crippen molar-refractivity contribution in [3.63, 3.8) is 0 Å². The van der Waals surface area contributed by atoms with Crippen LogP contribution in [0.25, 0.3) is 0 Å². The third-order valence-electron chi connectivity index (χ3n) is 4.15. The molecule has 0 aromatic rings. The molecular formula is C15H31N3. The molecule has 1 saturated carbocycles. The molecule has 0 heterocycles. The predicted molar refractivity (Wildman–Crippen MR) is 79.0 cm³/mol. The fraction of sp³-hybridized carbons (Fsp3) is 0.933. The molecule has 0 spiro atoms. The molecule has 0 saturated heterocycles. The van der Waals surface area contributed by atoms with Crippen molar-refractivity contribution in [1.29, 1.82) is 5.41 Å². The van der Waals surface area contributed by atoms with Gasteiger partial charge >= 0.3 is 0 Å². The zero-order valence-corrected chi connectivity index (χ0v) is 12.6. The van der Waals surface area contributed by atoms with Crippen LogP contribution in [-0.4, -0.2) is 29.9 Å². The van der Waals surface area contributed by atoms with E-state index in [0.717, 1.165) is 12.3 Å². The highest BCUT2D eigenvalue weighted by molar-refractivity contribution is 5.82. The fourth-order valence-electron chi connectivity index (χ4n) is 2.21. The first-order chi connectivity index (χ1) is 8.33. The largest absolute Gasteiger partial charge is 0.387 e. The van der Waals surface area contributed by atoms with E-state index in [1.54, 1.807) is 0 Å². The molecule has 1 rings (SSSR count). The number of amidine groups is 1. The van der Waals surface area contributed by atoms with Crippen molar-refractivity contribution >= 4 is 5.84 Å². The average molecular weight is 253 g/mol. The Morgan fingerprint density at radius 1 is 1.33 bits per heavy atom. The highest BCUT2D eigenvalue weighted by Gasteiger charge is 2.25. The van der Waals surface area contributed by atoms with Gasteiger partial charge in [0.25, 0.3) is 0 Å². The van der Waals surface area contributed by atoms with Crippen molar-refractivity contribution in [2.45, 2.75) is 65.8 Å². The van der Waals surface area contributed by atoms with E-state index in [2.05, 4.69) is 32.6 Å². The van der Waals surface area contributed by atoms with Gasteiger partial charge in [0.1, 0.15) is 0 Å². The van der Waals surface area contributed by atoms with Crippen LogP contribution in [-0.2, 0) is 0 Å². The van der Waals surface area contributed by atoms with Gasteiger partial charge in [0.2, 0.25) is 0 Å². The summed E-state index contributed by atoms with van der Waals surface area (Å²) in [7, 11) is 0. The van der Waals surface area contributed by atoms with Crippen LogP contribution in [0, 0.1) is 16.7 Å². The van der Waals surface area contributed by atoms with Crippen molar-refractivity contribution in [3.05, 3.63) is 0 Å². The number of hydrogen-bond acceptors (Lipinski definition) is 2. The minimum absolute atomic E-state index is 0.126. The quantitative estimate of drug-likeness (QED) is 0.376. The van der Waals surface area contributed by atoms with E-state index in [-0.39, 0.29) is 5.41 Å². The number of nitrogens with zero attached hydrogens (tertiary/aromatic N) is 1. The lowest BCUT2D eigenvalue weighted by atomic mass is 9.86. The van der Waals surface area contributed by atoms with E-state index in [1.165, 1.54) is 38.8 Å². The minimum Gasteiger partial charge on any atom is -0.387 e. The third kappa shape index (κ3) is 5.38. The molecule has 3 nitrogen and oxygen atoms in total. The van der Waals surface area contributed by atoms with Crippen LogP contribution in [0.3, 0.4) is 0 Å². The van der Waals surface area contributed by atoms with E-state index in [4.69, 9.17) is 11.1 Å². The van der Waals surface area contributed by atoms with Crippen LogP contribution in [0.2, 0.25) is 0 Å². The van der Waals surface area contributed by atoms with Crippen LogP contribution in [0.15, 0.2) is 0 Å². The standard InChI is InChI=1S/C15H31N3/c1-12(2)18(11-13-7-8-13)10-6-5-9-15(3,4)14(16)17/h12-13H,5-11H2,1-4H3,(H3,16,17). The zero-order valence-electron chi connectivity index (χ0n) is 12.6. The van der Waals surface area contributed by atoms with Crippen LogP contribution in [0.5, 0.6) is 0 Å². The van der Waals surface area contributed by atoms with Crippen molar-refractivity contribution < 1.29 is 0 Å². The normalized spacial score (nSPS) is 16.6. The van der Waals surface area contributed by atoms with Crippen LogP contribution in [0.1, 0.15) is 59.8 Å². The van der Waals surface area contributed by atoms with Crippen molar-refractivity contribution in [2.24, 2.45) is 17.1 Å². The monoisotopic (exact) mass is 253 g/mol. The smallest absolute Gasteiger partial charge is 0.0963 e. The molecule has 0 bridgehead atoms. The van der Waals surface area contributed by atoms with Gasteiger partial charge in [-0.2, -0.15) is 0 Å². The van der Waals surface area contributed by atoms with E-state index >= 15 is 0 Å². The summed E-state index contributed by atoms with van der Waals surface area (Å²) < 4.78 is 0. The summed E-state index contributed by atoms with van der Waals surface area (Å²) in [4.78, 5) is 2.61. The van der Waals surface area contributed by atoms with E-state index in [0.29, 0.717) is 11.9 Å². The van der Waals surface area contributed by atoms with Gasteiger partial charge in [-0.15, -0.1) is 0 Å². The lowest BCUT2D eigenvalue weighted by molar-refractivity contribution is 0.206. The van der Waals surface area contributed by atoms with Gasteiger partial charge in [-0.05, 0) is 52.0 Å². The third-order valence-corrected chi connectivity index (χ3v) is 4.15. The molecule has 0 aromatic carbocycles. The Balaban J connectivity index is 2.20. The van der Waals surface area contributed by atoms with Crippen molar-refractivity contribution in [3.8, 4) is 0 Å². The van der Waals surface area contributed by atoms with Gasteiger partial charge in [0.05, 0.1) is 5.84 Å². The SMILES string of the molecule is CC(C)N(CCCCC(C)(C)C(=N)N)CC1CC1. The summed E-state index contributed by atoms with van der Waals surface area (Å²) in [5, 5.41) is 7.55. The van der Waals surface area contributed by atoms with Crippen molar-refractivity contribution in [1.82, 2.24) is 4.90 Å². The molecule has 18 heavy (non-hydrogen) atoms. The topological polar surface area (TPSA) is 53.1 Å². The molecule has 0 atom stereocenters. The maximum absolute atomic E-state index is 7.55. The van der Waals surface area contributed by atoms with E-state index in [1.807, 2.05) is 0 Å². The van der Waals surface area contributed by atoms with E-state index < -0.39 is 0 Å². The molecule has 1 aliphatic carbocycles. The van der Waals surface area contributed by atoms with Gasteiger partial charge in [0, 0.05) is 18.0 Å². The van der Waals surface area contributed by atoms with E-state index in [9.17, 15) is 0 Å². The summed E-state index contributed by atoms with van der Waals surface area (Å²) in [5.74, 6) is 1.29.